The highest BCUT2D eigenvalue weighted by Crippen LogP contribution is 2.22. The van der Waals surface area contributed by atoms with Gasteiger partial charge < -0.3 is 9.47 Å². The van der Waals surface area contributed by atoms with Gasteiger partial charge >= 0.3 is 0 Å². The third-order valence-electron chi connectivity index (χ3n) is 4.92. The lowest BCUT2D eigenvalue weighted by molar-refractivity contribution is -0.123. The molecule has 3 aromatic rings. The number of aryl methyl sites for hydroxylation is 2. The summed E-state index contributed by atoms with van der Waals surface area (Å²) in [4.78, 5) is 24.8. The van der Waals surface area contributed by atoms with Gasteiger partial charge in [0.05, 0.1) is 12.2 Å². The molecule has 0 aliphatic rings. The van der Waals surface area contributed by atoms with E-state index in [-0.39, 0.29) is 11.7 Å². The van der Waals surface area contributed by atoms with Gasteiger partial charge in [0, 0.05) is 6.42 Å². The molecule has 3 rings (SSSR count). The lowest BCUT2D eigenvalue weighted by Gasteiger charge is -2.14. The topological polar surface area (TPSA) is 88.7 Å². The van der Waals surface area contributed by atoms with Crippen LogP contribution in [0.2, 0.25) is 0 Å². The monoisotopic (exact) mass is 477 g/mol. The average Bonchev–Trinajstić information content (AvgIpc) is 2.83. The van der Waals surface area contributed by atoms with Gasteiger partial charge in [0.2, 0.25) is 0 Å². The van der Waals surface area contributed by atoms with Crippen LogP contribution in [-0.2, 0) is 11.2 Å². The minimum atomic E-state index is -0.450. The van der Waals surface area contributed by atoms with Crippen LogP contribution >= 0.6 is 12.2 Å². The Hall–Kier alpha value is -3.91. The molecule has 3 N–H and O–H groups in total. The van der Waals surface area contributed by atoms with Crippen molar-refractivity contribution in [3.8, 4) is 11.5 Å². The highest BCUT2D eigenvalue weighted by atomic mass is 32.1. The minimum absolute atomic E-state index is 0.0514. The van der Waals surface area contributed by atoms with Gasteiger partial charge in [-0.1, -0.05) is 60.7 Å². The molecule has 8 heteroatoms. The molecule has 0 spiro atoms. The van der Waals surface area contributed by atoms with Gasteiger partial charge in [0.25, 0.3) is 11.8 Å². The number of nitrogens with one attached hydrogen (secondary N) is 3. The number of para-hydroxylation sites is 2. The number of carbonyl (C=O) groups is 2. The molecule has 34 heavy (non-hydrogen) atoms. The van der Waals surface area contributed by atoms with Gasteiger partial charge in [0.1, 0.15) is 11.5 Å². The molecule has 3 aromatic carbocycles. The van der Waals surface area contributed by atoms with Crippen LogP contribution in [0.1, 0.15) is 27.0 Å². The fourth-order valence-corrected chi connectivity index (χ4v) is 3.38. The maximum absolute atomic E-state index is 12.7. The minimum Gasteiger partial charge on any atom is -0.492 e. The molecular formula is C26H27N3O4S. The fraction of sp³-hybridized carbons (Fsp3) is 0.192. The van der Waals surface area contributed by atoms with Crippen LogP contribution in [-0.4, -0.2) is 30.1 Å². The Balaban J connectivity index is 1.46. The van der Waals surface area contributed by atoms with E-state index in [1.165, 1.54) is 0 Å². The van der Waals surface area contributed by atoms with Crippen molar-refractivity contribution in [2.24, 2.45) is 0 Å². The molecule has 0 atom stereocenters. The third-order valence-corrected chi connectivity index (χ3v) is 5.13. The second-order valence-corrected chi connectivity index (χ2v) is 7.95. The summed E-state index contributed by atoms with van der Waals surface area (Å²) in [7, 11) is 0. The summed E-state index contributed by atoms with van der Waals surface area (Å²) in [5.41, 5.74) is 8.29. The van der Waals surface area contributed by atoms with Gasteiger partial charge in [-0.05, 0) is 54.9 Å². The molecule has 0 radical (unpaired) electrons. The number of hydrogen-bond donors (Lipinski definition) is 3. The predicted molar refractivity (Wildman–Crippen MR) is 135 cm³/mol. The van der Waals surface area contributed by atoms with E-state index in [1.54, 1.807) is 24.3 Å². The first-order valence-electron chi connectivity index (χ1n) is 10.8. The Morgan fingerprint density at radius 2 is 1.50 bits per heavy atom. The van der Waals surface area contributed by atoms with E-state index in [0.717, 1.165) is 16.7 Å². The molecule has 0 heterocycles. The lowest BCUT2D eigenvalue weighted by atomic mass is 10.1. The van der Waals surface area contributed by atoms with Crippen LogP contribution < -0.4 is 25.6 Å². The first kappa shape index (κ1) is 24.7. The van der Waals surface area contributed by atoms with Crippen molar-refractivity contribution < 1.29 is 19.1 Å². The van der Waals surface area contributed by atoms with Crippen molar-refractivity contribution in [2.45, 2.75) is 20.3 Å². The van der Waals surface area contributed by atoms with Crippen LogP contribution in [0.5, 0.6) is 11.5 Å². The maximum Gasteiger partial charge on any atom is 0.276 e. The second-order valence-electron chi connectivity index (χ2n) is 7.55. The van der Waals surface area contributed by atoms with Crippen molar-refractivity contribution in [1.82, 2.24) is 16.2 Å². The van der Waals surface area contributed by atoms with Crippen molar-refractivity contribution in [1.29, 1.82) is 0 Å². The zero-order valence-corrected chi connectivity index (χ0v) is 19.9. The summed E-state index contributed by atoms with van der Waals surface area (Å²) in [5.74, 6) is 0.222. The molecule has 0 aliphatic carbocycles. The van der Waals surface area contributed by atoms with Crippen LogP contribution in [0, 0.1) is 13.8 Å². The molecule has 7 nitrogen and oxygen atoms in total. The number of thiocarbonyl (C=S) groups is 1. The molecular weight excluding hydrogens is 450 g/mol. The standard InChI is InChI=1S/C26H27N3O4S/c1-18-9-8-10-19(2)24(18)33-17-23(30)28-29-26(34)27-25(31)21-13-6-7-14-22(21)32-16-15-20-11-4-3-5-12-20/h3-14H,15-17H2,1-2H3,(H,28,30)(H2,27,29,31,34). The quantitative estimate of drug-likeness (QED) is 0.339. The maximum atomic E-state index is 12.7. The average molecular weight is 478 g/mol. The second kappa shape index (κ2) is 12.4. The number of benzene rings is 3. The number of rotatable bonds is 8. The molecule has 0 fully saturated rings. The Morgan fingerprint density at radius 3 is 2.24 bits per heavy atom. The molecule has 0 saturated heterocycles. The van der Waals surface area contributed by atoms with E-state index in [2.05, 4.69) is 16.2 Å². The summed E-state index contributed by atoms with van der Waals surface area (Å²) >= 11 is 5.12. The third kappa shape index (κ3) is 7.31. The van der Waals surface area contributed by atoms with Crippen molar-refractivity contribution in [2.75, 3.05) is 13.2 Å². The van der Waals surface area contributed by atoms with Crippen molar-refractivity contribution >= 4 is 29.1 Å². The normalized spacial score (nSPS) is 10.2. The molecule has 0 aliphatic heterocycles. The summed E-state index contributed by atoms with van der Waals surface area (Å²) in [6, 6.07) is 22.6. The number of hydrazine groups is 1. The Labute approximate surface area is 204 Å². The molecule has 2 amide bonds. The van der Waals surface area contributed by atoms with Crippen molar-refractivity contribution in [3.63, 3.8) is 0 Å². The number of hydrogen-bond acceptors (Lipinski definition) is 5. The zero-order chi connectivity index (χ0) is 24.3. The first-order chi connectivity index (χ1) is 16.4. The molecule has 0 aromatic heterocycles. The van der Waals surface area contributed by atoms with Gasteiger partial charge in [-0.2, -0.15) is 0 Å². The Bertz CT molecular complexity index is 1130. The first-order valence-corrected chi connectivity index (χ1v) is 11.2. The number of ether oxygens (including phenoxy) is 2. The van der Waals surface area contributed by atoms with E-state index in [4.69, 9.17) is 21.7 Å². The van der Waals surface area contributed by atoms with E-state index >= 15 is 0 Å². The zero-order valence-electron chi connectivity index (χ0n) is 19.1. The Morgan fingerprint density at radius 1 is 0.824 bits per heavy atom. The highest BCUT2D eigenvalue weighted by Gasteiger charge is 2.14. The van der Waals surface area contributed by atoms with E-state index in [1.807, 2.05) is 62.4 Å². The smallest absolute Gasteiger partial charge is 0.276 e. The summed E-state index contributed by atoms with van der Waals surface area (Å²) in [6.07, 6.45) is 0.715. The summed E-state index contributed by atoms with van der Waals surface area (Å²) < 4.78 is 11.4. The molecule has 0 unspecified atom stereocenters. The predicted octanol–water partition coefficient (Wildman–Crippen LogP) is 3.64. The molecule has 0 saturated carbocycles. The SMILES string of the molecule is Cc1cccc(C)c1OCC(=O)NNC(=S)NC(=O)c1ccccc1OCCc1ccccc1. The van der Waals surface area contributed by atoms with Gasteiger partial charge in [-0.3, -0.25) is 25.8 Å². The van der Waals surface area contributed by atoms with Crippen LogP contribution in [0.25, 0.3) is 0 Å². The fourth-order valence-electron chi connectivity index (χ4n) is 3.23. The van der Waals surface area contributed by atoms with Gasteiger partial charge in [0.15, 0.2) is 11.7 Å². The van der Waals surface area contributed by atoms with E-state index < -0.39 is 11.8 Å². The van der Waals surface area contributed by atoms with Crippen LogP contribution in [0.4, 0.5) is 0 Å². The molecule has 176 valence electrons. The van der Waals surface area contributed by atoms with Crippen LogP contribution in [0.15, 0.2) is 72.8 Å². The van der Waals surface area contributed by atoms with Crippen LogP contribution in [0.3, 0.4) is 0 Å². The Kier molecular flexibility index (Phi) is 8.99. The highest BCUT2D eigenvalue weighted by molar-refractivity contribution is 7.80. The van der Waals surface area contributed by atoms with Gasteiger partial charge in [-0.15, -0.1) is 0 Å². The summed E-state index contributed by atoms with van der Waals surface area (Å²) in [6.45, 7) is 4.04. The van der Waals surface area contributed by atoms with E-state index in [0.29, 0.717) is 30.1 Å². The largest absolute Gasteiger partial charge is 0.492 e. The number of carbonyl (C=O) groups excluding carboxylic acids is 2. The molecule has 0 bridgehead atoms. The number of amides is 2. The summed E-state index contributed by atoms with van der Waals surface area (Å²) in [5, 5.41) is 2.49. The van der Waals surface area contributed by atoms with Gasteiger partial charge in [-0.25, -0.2) is 0 Å². The lowest BCUT2D eigenvalue weighted by Crippen LogP contribution is -2.49. The van der Waals surface area contributed by atoms with Crippen molar-refractivity contribution in [3.05, 3.63) is 95.1 Å². The van der Waals surface area contributed by atoms with E-state index in [9.17, 15) is 9.59 Å².